The van der Waals surface area contributed by atoms with Gasteiger partial charge in [0.15, 0.2) is 0 Å². The molecule has 1 atom stereocenters. The monoisotopic (exact) mass is 407 g/mol. The lowest BCUT2D eigenvalue weighted by atomic mass is 9.89. The Morgan fingerprint density at radius 2 is 1.86 bits per heavy atom. The fraction of sp³-hybridized carbons (Fsp3) is 0.348. The number of carbonyl (C=O) groups excluding carboxylic acids is 1. The van der Waals surface area contributed by atoms with Gasteiger partial charge in [-0.1, -0.05) is 47.7 Å². The van der Waals surface area contributed by atoms with E-state index < -0.39 is 0 Å². The van der Waals surface area contributed by atoms with Gasteiger partial charge in [-0.2, -0.15) is 0 Å². The largest absolute Gasteiger partial charge is 0.411 e. The van der Waals surface area contributed by atoms with Crippen molar-refractivity contribution in [1.82, 2.24) is 15.5 Å². The quantitative estimate of drug-likeness (QED) is 0.589. The van der Waals surface area contributed by atoms with Crippen LogP contribution in [-0.4, -0.2) is 21.9 Å². The number of fused-ring (bicyclic) bond motifs is 1. The van der Waals surface area contributed by atoms with Crippen LogP contribution < -0.4 is 5.32 Å². The second-order valence-electron chi connectivity index (χ2n) is 7.55. The van der Waals surface area contributed by atoms with Crippen LogP contribution in [0.2, 0.25) is 0 Å². The van der Waals surface area contributed by atoms with Gasteiger partial charge in [-0.05, 0) is 68.4 Å². The van der Waals surface area contributed by atoms with Crippen LogP contribution in [0.25, 0.3) is 11.5 Å². The molecule has 6 heteroatoms. The molecular weight excluding hydrogens is 382 g/mol. The molecule has 4 rings (SSSR count). The molecule has 0 radical (unpaired) electrons. The first-order valence-corrected chi connectivity index (χ1v) is 11.0. The molecule has 1 N–H and O–H groups in total. The van der Waals surface area contributed by atoms with Gasteiger partial charge in [0, 0.05) is 5.56 Å². The Morgan fingerprint density at radius 3 is 2.66 bits per heavy atom. The Balaban J connectivity index is 1.31. The molecule has 3 aromatic rings. The van der Waals surface area contributed by atoms with Gasteiger partial charge in [-0.25, -0.2) is 0 Å². The van der Waals surface area contributed by atoms with Gasteiger partial charge in [0.05, 0.1) is 11.8 Å². The number of amides is 1. The molecule has 5 nitrogen and oxygen atoms in total. The van der Waals surface area contributed by atoms with Crippen LogP contribution in [-0.2, 0) is 17.6 Å². The fourth-order valence-corrected chi connectivity index (χ4v) is 4.17. The molecule has 0 aliphatic heterocycles. The van der Waals surface area contributed by atoms with Crippen molar-refractivity contribution < 1.29 is 9.21 Å². The third-order valence-corrected chi connectivity index (χ3v) is 6.10. The Kier molecular flexibility index (Phi) is 6.00. The van der Waals surface area contributed by atoms with Crippen molar-refractivity contribution in [2.24, 2.45) is 0 Å². The van der Waals surface area contributed by atoms with Gasteiger partial charge < -0.3 is 9.73 Å². The zero-order valence-corrected chi connectivity index (χ0v) is 17.6. The molecule has 0 unspecified atom stereocenters. The summed E-state index contributed by atoms with van der Waals surface area (Å²) in [5.74, 6) is 0.663. The predicted octanol–water partition coefficient (Wildman–Crippen LogP) is 4.89. The predicted molar refractivity (Wildman–Crippen MR) is 115 cm³/mol. The lowest BCUT2D eigenvalue weighted by Gasteiger charge is -2.20. The molecule has 1 aromatic heterocycles. The second kappa shape index (κ2) is 8.82. The Hall–Kier alpha value is -2.60. The van der Waals surface area contributed by atoms with E-state index in [4.69, 9.17) is 4.42 Å². The normalized spacial score (nSPS) is 14.3. The van der Waals surface area contributed by atoms with E-state index in [0.29, 0.717) is 11.1 Å². The molecular formula is C23H25N3O2S. The third kappa shape index (κ3) is 4.88. The molecule has 150 valence electrons. The van der Waals surface area contributed by atoms with Gasteiger partial charge >= 0.3 is 0 Å². The van der Waals surface area contributed by atoms with Crippen molar-refractivity contribution in [2.75, 3.05) is 5.75 Å². The van der Waals surface area contributed by atoms with Crippen LogP contribution in [0, 0.1) is 6.92 Å². The minimum Gasteiger partial charge on any atom is -0.411 e. The highest BCUT2D eigenvalue weighted by Crippen LogP contribution is 2.26. The van der Waals surface area contributed by atoms with Crippen LogP contribution in [0.1, 0.15) is 48.1 Å². The number of hydrogen-bond donors (Lipinski definition) is 1. The number of thioether (sulfide) groups is 1. The molecule has 0 saturated heterocycles. The van der Waals surface area contributed by atoms with Crippen LogP contribution in [0.3, 0.4) is 0 Å². The minimum atomic E-state index is -0.0460. The summed E-state index contributed by atoms with van der Waals surface area (Å²) in [7, 11) is 0. The highest BCUT2D eigenvalue weighted by molar-refractivity contribution is 7.99. The van der Waals surface area contributed by atoms with E-state index >= 15 is 0 Å². The molecule has 29 heavy (non-hydrogen) atoms. The van der Waals surface area contributed by atoms with Crippen molar-refractivity contribution in [3.8, 4) is 11.5 Å². The summed E-state index contributed by atoms with van der Waals surface area (Å²) in [6, 6.07) is 14.5. The third-order valence-electron chi connectivity index (χ3n) is 5.28. The van der Waals surface area contributed by atoms with Gasteiger partial charge in [-0.3, -0.25) is 4.79 Å². The topological polar surface area (TPSA) is 68.0 Å². The zero-order chi connectivity index (χ0) is 20.2. The Morgan fingerprint density at radius 1 is 1.10 bits per heavy atom. The molecule has 1 amide bonds. The lowest BCUT2D eigenvalue weighted by Crippen LogP contribution is -2.28. The maximum Gasteiger partial charge on any atom is 0.277 e. The molecule has 0 fully saturated rings. The maximum atomic E-state index is 12.4. The first-order chi connectivity index (χ1) is 14.1. The smallest absolute Gasteiger partial charge is 0.277 e. The second-order valence-corrected chi connectivity index (χ2v) is 8.48. The lowest BCUT2D eigenvalue weighted by molar-refractivity contribution is -0.119. The van der Waals surface area contributed by atoms with Gasteiger partial charge in [0.1, 0.15) is 0 Å². The first-order valence-electron chi connectivity index (χ1n) is 10.0. The zero-order valence-electron chi connectivity index (χ0n) is 16.8. The van der Waals surface area contributed by atoms with E-state index in [-0.39, 0.29) is 17.7 Å². The van der Waals surface area contributed by atoms with E-state index in [9.17, 15) is 4.79 Å². The number of hydrogen-bond acceptors (Lipinski definition) is 5. The van der Waals surface area contributed by atoms with Crippen LogP contribution in [0.15, 0.2) is 52.1 Å². The summed E-state index contributed by atoms with van der Waals surface area (Å²) in [4.78, 5) is 12.4. The summed E-state index contributed by atoms with van der Waals surface area (Å²) in [5, 5.41) is 11.6. The molecule has 2 aromatic carbocycles. The molecule has 0 saturated carbocycles. The number of aryl methyl sites for hydroxylation is 3. The van der Waals surface area contributed by atoms with Crippen LogP contribution >= 0.6 is 11.8 Å². The van der Waals surface area contributed by atoms with Crippen molar-refractivity contribution in [1.29, 1.82) is 0 Å². The molecule has 1 aliphatic carbocycles. The number of benzene rings is 2. The molecule has 1 heterocycles. The summed E-state index contributed by atoms with van der Waals surface area (Å²) in [5.41, 5.74) is 6.09. The van der Waals surface area contributed by atoms with E-state index in [2.05, 4.69) is 33.7 Å². The number of aromatic nitrogens is 2. The van der Waals surface area contributed by atoms with Crippen molar-refractivity contribution in [3.63, 3.8) is 0 Å². The summed E-state index contributed by atoms with van der Waals surface area (Å²) in [6.07, 6.45) is 4.83. The van der Waals surface area contributed by atoms with Crippen LogP contribution in [0.4, 0.5) is 0 Å². The van der Waals surface area contributed by atoms with Gasteiger partial charge in [-0.15, -0.1) is 10.2 Å². The number of carbonyl (C=O) groups is 1. The summed E-state index contributed by atoms with van der Waals surface area (Å²) >= 11 is 1.25. The van der Waals surface area contributed by atoms with E-state index in [1.807, 2.05) is 38.1 Å². The Labute approximate surface area is 175 Å². The van der Waals surface area contributed by atoms with E-state index in [1.54, 1.807) is 0 Å². The SMILES string of the molecule is Cc1ccc(-c2nnc(SCC(=O)N[C@@H](C)c3ccc4c(c3)CCCC4)o2)cc1. The first kappa shape index (κ1) is 19.7. The number of nitrogens with one attached hydrogen (secondary N) is 1. The molecule has 1 aliphatic rings. The highest BCUT2D eigenvalue weighted by Gasteiger charge is 2.16. The Bertz CT molecular complexity index is 998. The van der Waals surface area contributed by atoms with Crippen molar-refractivity contribution in [3.05, 3.63) is 64.7 Å². The summed E-state index contributed by atoms with van der Waals surface area (Å²) in [6.45, 7) is 4.05. The summed E-state index contributed by atoms with van der Waals surface area (Å²) < 4.78 is 5.67. The van der Waals surface area contributed by atoms with Gasteiger partial charge in [0.25, 0.3) is 5.22 Å². The highest BCUT2D eigenvalue weighted by atomic mass is 32.2. The molecule has 0 bridgehead atoms. The van der Waals surface area contributed by atoms with Crippen molar-refractivity contribution in [2.45, 2.75) is 50.8 Å². The van der Waals surface area contributed by atoms with Crippen molar-refractivity contribution >= 4 is 17.7 Å². The maximum absolute atomic E-state index is 12.4. The minimum absolute atomic E-state index is 0.0267. The van der Waals surface area contributed by atoms with E-state index in [1.165, 1.54) is 47.7 Å². The van der Waals surface area contributed by atoms with Crippen LogP contribution in [0.5, 0.6) is 0 Å². The average Bonchev–Trinajstić information content (AvgIpc) is 3.21. The number of nitrogens with zero attached hydrogens (tertiary/aromatic N) is 2. The molecule has 0 spiro atoms. The average molecular weight is 408 g/mol. The fourth-order valence-electron chi connectivity index (χ4n) is 3.60. The standard InChI is InChI=1S/C23H25N3O2S/c1-15-7-9-18(10-8-15)22-25-26-23(28-22)29-14-21(27)24-16(2)19-12-11-17-5-3-4-6-20(17)13-19/h7-13,16H,3-6,14H2,1-2H3,(H,24,27)/t16-/m0/s1. The van der Waals surface area contributed by atoms with E-state index in [0.717, 1.165) is 17.5 Å². The van der Waals surface area contributed by atoms with Gasteiger partial charge in [0.2, 0.25) is 11.8 Å². The number of rotatable bonds is 6.